The summed E-state index contributed by atoms with van der Waals surface area (Å²) in [5.74, 6) is -0.658. The Morgan fingerprint density at radius 1 is 1.27 bits per heavy atom. The molecule has 1 aliphatic heterocycles. The fourth-order valence-corrected chi connectivity index (χ4v) is 3.00. The van der Waals surface area contributed by atoms with Crippen LogP contribution in [0.15, 0.2) is 48.5 Å². The van der Waals surface area contributed by atoms with Crippen LogP contribution in [0.2, 0.25) is 0 Å². The fourth-order valence-electron chi connectivity index (χ4n) is 3.00. The van der Waals surface area contributed by atoms with Crippen LogP contribution in [0.25, 0.3) is 0 Å². The Bertz CT molecular complexity index is 733. The predicted octanol–water partition coefficient (Wildman–Crippen LogP) is 3.45. The van der Waals surface area contributed by atoms with Gasteiger partial charge < -0.3 is 21.1 Å². The van der Waals surface area contributed by atoms with Crippen LogP contribution in [-0.2, 0) is 9.53 Å². The number of amides is 1. The summed E-state index contributed by atoms with van der Waals surface area (Å²) in [4.78, 5) is 12.1. The van der Waals surface area contributed by atoms with E-state index in [-0.39, 0.29) is 18.4 Å². The number of benzene rings is 2. The third-order valence-electron chi connectivity index (χ3n) is 4.43. The van der Waals surface area contributed by atoms with Gasteiger partial charge in [-0.2, -0.15) is 0 Å². The zero-order valence-electron chi connectivity index (χ0n) is 14.6. The highest BCUT2D eigenvalue weighted by Gasteiger charge is 2.16. The Morgan fingerprint density at radius 3 is 2.77 bits per heavy atom. The van der Waals surface area contributed by atoms with Gasteiger partial charge in [0.25, 0.3) is 0 Å². The molecule has 2 aromatic carbocycles. The van der Waals surface area contributed by atoms with Crippen LogP contribution in [0.3, 0.4) is 0 Å². The molecule has 2 unspecified atom stereocenters. The maximum absolute atomic E-state index is 14.2. The molecule has 1 fully saturated rings. The largest absolute Gasteiger partial charge is 0.380 e. The van der Waals surface area contributed by atoms with Gasteiger partial charge in [-0.15, -0.1) is 0 Å². The van der Waals surface area contributed by atoms with Crippen LogP contribution >= 0.6 is 0 Å². The number of nitrogens with one attached hydrogen (secondary N) is 2. The highest BCUT2D eigenvalue weighted by molar-refractivity contribution is 5.91. The Labute approximate surface area is 152 Å². The van der Waals surface area contributed by atoms with Gasteiger partial charge in [0.2, 0.25) is 5.91 Å². The lowest BCUT2D eigenvalue weighted by atomic mass is 10.0. The Morgan fingerprint density at radius 2 is 2.08 bits per heavy atom. The van der Waals surface area contributed by atoms with Crippen molar-refractivity contribution >= 4 is 17.3 Å². The molecule has 3 rings (SSSR count). The molecule has 6 heteroatoms. The molecule has 0 aliphatic carbocycles. The Balaban J connectivity index is 1.52. The molecule has 1 heterocycles. The summed E-state index contributed by atoms with van der Waals surface area (Å²) in [5, 5.41) is 5.75. The van der Waals surface area contributed by atoms with E-state index >= 15 is 0 Å². The third-order valence-corrected chi connectivity index (χ3v) is 4.43. The van der Waals surface area contributed by atoms with Crippen molar-refractivity contribution in [1.29, 1.82) is 0 Å². The number of carbonyl (C=O) groups excluding carboxylic acids is 1. The highest BCUT2D eigenvalue weighted by atomic mass is 19.1. The van der Waals surface area contributed by atoms with Crippen molar-refractivity contribution in [2.45, 2.75) is 31.4 Å². The first kappa shape index (κ1) is 18.4. The van der Waals surface area contributed by atoms with E-state index in [9.17, 15) is 9.18 Å². The number of halogens is 1. The summed E-state index contributed by atoms with van der Waals surface area (Å²) in [6, 6.07) is 13.6. The van der Waals surface area contributed by atoms with E-state index in [2.05, 4.69) is 10.6 Å². The summed E-state index contributed by atoms with van der Waals surface area (Å²) >= 11 is 0. The maximum Gasteiger partial charge on any atom is 0.226 e. The minimum atomic E-state index is -0.409. The van der Waals surface area contributed by atoms with E-state index in [1.807, 2.05) is 30.3 Å². The van der Waals surface area contributed by atoms with Gasteiger partial charge in [0.05, 0.1) is 11.8 Å². The number of anilines is 2. The van der Waals surface area contributed by atoms with E-state index in [1.165, 1.54) is 6.07 Å². The lowest BCUT2D eigenvalue weighted by molar-refractivity contribution is -0.116. The van der Waals surface area contributed by atoms with Gasteiger partial charge in [-0.05, 0) is 36.6 Å². The van der Waals surface area contributed by atoms with Crippen molar-refractivity contribution in [1.82, 2.24) is 0 Å². The van der Waals surface area contributed by atoms with Crippen molar-refractivity contribution in [3.63, 3.8) is 0 Å². The van der Waals surface area contributed by atoms with Crippen LogP contribution in [0.1, 0.15) is 30.9 Å². The molecule has 0 saturated carbocycles. The molecule has 26 heavy (non-hydrogen) atoms. The average Bonchev–Trinajstić information content (AvgIpc) is 3.15. The second kappa shape index (κ2) is 8.78. The summed E-state index contributed by atoms with van der Waals surface area (Å²) in [6.45, 7) is 1.35. The van der Waals surface area contributed by atoms with E-state index in [0.29, 0.717) is 17.9 Å². The first-order chi connectivity index (χ1) is 12.6. The molecular weight excluding hydrogens is 333 g/mol. The van der Waals surface area contributed by atoms with Gasteiger partial charge in [0.1, 0.15) is 5.82 Å². The molecule has 0 spiro atoms. The molecule has 1 saturated heterocycles. The van der Waals surface area contributed by atoms with Crippen LogP contribution < -0.4 is 16.4 Å². The summed E-state index contributed by atoms with van der Waals surface area (Å²) in [7, 11) is 0. The quantitative estimate of drug-likeness (QED) is 0.709. The lowest BCUT2D eigenvalue weighted by Gasteiger charge is -2.14. The lowest BCUT2D eigenvalue weighted by Crippen LogP contribution is -2.21. The molecule has 0 bridgehead atoms. The van der Waals surface area contributed by atoms with E-state index in [4.69, 9.17) is 10.5 Å². The number of rotatable bonds is 7. The van der Waals surface area contributed by atoms with Crippen LogP contribution in [0.5, 0.6) is 0 Å². The third kappa shape index (κ3) is 5.03. The topological polar surface area (TPSA) is 76.4 Å². The fraction of sp³-hybridized carbons (Fsp3) is 0.350. The van der Waals surface area contributed by atoms with Crippen molar-refractivity contribution in [2.24, 2.45) is 5.73 Å². The number of hydrogen-bond donors (Lipinski definition) is 3. The van der Waals surface area contributed by atoms with Gasteiger partial charge >= 0.3 is 0 Å². The van der Waals surface area contributed by atoms with Crippen molar-refractivity contribution < 1.29 is 13.9 Å². The second-order valence-electron chi connectivity index (χ2n) is 6.48. The Hall–Kier alpha value is -2.44. The SMILES string of the molecule is NC(CC(=O)Nc1ccc(NCC2CCCO2)c(F)c1)c1ccccc1. The van der Waals surface area contributed by atoms with Gasteiger partial charge in [-0.1, -0.05) is 30.3 Å². The molecule has 4 N–H and O–H groups in total. The molecule has 1 amide bonds. The van der Waals surface area contributed by atoms with Crippen LogP contribution in [-0.4, -0.2) is 25.2 Å². The zero-order valence-corrected chi connectivity index (χ0v) is 14.6. The van der Waals surface area contributed by atoms with Gasteiger partial charge in [0.15, 0.2) is 0 Å². The molecule has 5 nitrogen and oxygen atoms in total. The molecule has 1 aliphatic rings. The summed E-state index contributed by atoms with van der Waals surface area (Å²) < 4.78 is 19.7. The number of nitrogens with two attached hydrogens (primary N) is 1. The predicted molar refractivity (Wildman–Crippen MR) is 100 cm³/mol. The van der Waals surface area contributed by atoms with Gasteiger partial charge in [0, 0.05) is 31.3 Å². The van der Waals surface area contributed by atoms with Crippen molar-refractivity contribution in [3.8, 4) is 0 Å². The smallest absolute Gasteiger partial charge is 0.226 e. The van der Waals surface area contributed by atoms with Crippen LogP contribution in [0, 0.1) is 5.82 Å². The average molecular weight is 357 g/mol. The standard InChI is InChI=1S/C20H24FN3O2/c21-17-11-15(8-9-19(17)23-13-16-7-4-10-26-16)24-20(25)12-18(22)14-5-2-1-3-6-14/h1-3,5-6,8-9,11,16,18,23H,4,7,10,12-13,22H2,(H,24,25). The molecule has 0 aromatic heterocycles. The normalized spacial score (nSPS) is 17.7. The molecular formula is C20H24FN3O2. The molecule has 0 radical (unpaired) electrons. The van der Waals surface area contributed by atoms with Gasteiger partial charge in [-0.25, -0.2) is 4.39 Å². The van der Waals surface area contributed by atoms with Crippen molar-refractivity contribution in [3.05, 3.63) is 59.9 Å². The minimum Gasteiger partial charge on any atom is -0.380 e. The first-order valence-electron chi connectivity index (χ1n) is 8.87. The second-order valence-corrected chi connectivity index (χ2v) is 6.48. The van der Waals surface area contributed by atoms with E-state index in [1.54, 1.807) is 12.1 Å². The van der Waals surface area contributed by atoms with E-state index < -0.39 is 11.9 Å². The van der Waals surface area contributed by atoms with Gasteiger partial charge in [-0.3, -0.25) is 4.79 Å². The molecule has 2 atom stereocenters. The van der Waals surface area contributed by atoms with Crippen LogP contribution in [0.4, 0.5) is 15.8 Å². The Kier molecular flexibility index (Phi) is 6.20. The number of ether oxygens (including phenoxy) is 1. The highest BCUT2D eigenvalue weighted by Crippen LogP contribution is 2.21. The molecule has 138 valence electrons. The monoisotopic (exact) mass is 357 g/mol. The number of carbonyl (C=O) groups is 1. The summed E-state index contributed by atoms with van der Waals surface area (Å²) in [6.07, 6.45) is 2.30. The van der Waals surface area contributed by atoms with E-state index in [0.717, 1.165) is 25.0 Å². The first-order valence-corrected chi connectivity index (χ1v) is 8.87. The minimum absolute atomic E-state index is 0.130. The zero-order chi connectivity index (χ0) is 18.4. The maximum atomic E-state index is 14.2. The summed E-state index contributed by atoms with van der Waals surface area (Å²) in [5.41, 5.74) is 7.75. The number of hydrogen-bond acceptors (Lipinski definition) is 4. The van der Waals surface area contributed by atoms with Crippen molar-refractivity contribution in [2.75, 3.05) is 23.8 Å². The molecule has 2 aromatic rings.